The lowest BCUT2D eigenvalue weighted by Gasteiger charge is -2.06. The molecule has 3 N–H and O–H groups in total. The van der Waals surface area contributed by atoms with Gasteiger partial charge in [0.1, 0.15) is 6.04 Å². The molecule has 0 fully saturated rings. The predicted octanol–water partition coefficient (Wildman–Crippen LogP) is 1.22. The first-order valence-electron chi connectivity index (χ1n) is 4.71. The van der Waals surface area contributed by atoms with Crippen molar-refractivity contribution in [2.75, 3.05) is 5.33 Å². The van der Waals surface area contributed by atoms with E-state index in [1.165, 1.54) is 0 Å². The molecule has 16 heavy (non-hydrogen) atoms. The molecule has 0 aliphatic carbocycles. The molecule has 1 atom stereocenters. The lowest BCUT2D eigenvalue weighted by atomic mass is 10.0. The molecule has 1 aromatic rings. The van der Waals surface area contributed by atoms with Crippen molar-refractivity contribution in [2.45, 2.75) is 12.5 Å². The largest absolute Gasteiger partial charge is 0.480 e. The zero-order chi connectivity index (χ0) is 12.1. The summed E-state index contributed by atoms with van der Waals surface area (Å²) < 4.78 is 0. The first-order valence-corrected chi connectivity index (χ1v) is 5.83. The summed E-state index contributed by atoms with van der Waals surface area (Å²) >= 11 is 3.08. The van der Waals surface area contributed by atoms with Crippen LogP contribution in [0.5, 0.6) is 0 Å². The van der Waals surface area contributed by atoms with Crippen LogP contribution in [0.2, 0.25) is 0 Å². The van der Waals surface area contributed by atoms with Gasteiger partial charge >= 0.3 is 5.97 Å². The summed E-state index contributed by atoms with van der Waals surface area (Å²) in [6.07, 6.45) is 0.262. The van der Waals surface area contributed by atoms with Gasteiger partial charge in [0.15, 0.2) is 5.78 Å². The number of alkyl halides is 1. The van der Waals surface area contributed by atoms with Crippen molar-refractivity contribution in [1.29, 1.82) is 0 Å². The van der Waals surface area contributed by atoms with Crippen LogP contribution in [-0.2, 0) is 11.2 Å². The Morgan fingerprint density at radius 1 is 1.31 bits per heavy atom. The zero-order valence-corrected chi connectivity index (χ0v) is 10.1. The molecular formula is C11H12BrNO3. The van der Waals surface area contributed by atoms with Crippen molar-refractivity contribution < 1.29 is 14.7 Å². The Balaban J connectivity index is 2.72. The number of nitrogens with two attached hydrogens (primary N) is 1. The normalized spacial score (nSPS) is 12.1. The minimum absolute atomic E-state index is 0.00548. The summed E-state index contributed by atoms with van der Waals surface area (Å²) in [6, 6.07) is 5.89. The number of hydrogen-bond acceptors (Lipinski definition) is 3. The third kappa shape index (κ3) is 3.43. The van der Waals surface area contributed by atoms with E-state index < -0.39 is 12.0 Å². The first kappa shape index (κ1) is 12.9. The third-order valence-corrected chi connectivity index (χ3v) is 2.68. The number of ketones is 1. The summed E-state index contributed by atoms with van der Waals surface area (Å²) in [6.45, 7) is 0. The Morgan fingerprint density at radius 3 is 2.31 bits per heavy atom. The molecule has 0 aromatic heterocycles. The van der Waals surface area contributed by atoms with Crippen LogP contribution in [0.3, 0.4) is 0 Å². The molecule has 0 saturated carbocycles. The van der Waals surface area contributed by atoms with E-state index in [9.17, 15) is 9.59 Å². The highest BCUT2D eigenvalue weighted by atomic mass is 79.9. The number of carboxylic acid groups (broad SMARTS) is 1. The van der Waals surface area contributed by atoms with Crippen LogP contribution in [0.15, 0.2) is 24.3 Å². The zero-order valence-electron chi connectivity index (χ0n) is 8.52. The van der Waals surface area contributed by atoms with Gasteiger partial charge in [0.2, 0.25) is 0 Å². The maximum absolute atomic E-state index is 11.3. The van der Waals surface area contributed by atoms with Crippen molar-refractivity contribution in [3.05, 3.63) is 35.4 Å². The fourth-order valence-corrected chi connectivity index (χ4v) is 1.57. The van der Waals surface area contributed by atoms with E-state index in [1.807, 2.05) is 0 Å². The molecular weight excluding hydrogens is 274 g/mol. The highest BCUT2D eigenvalue weighted by Crippen LogP contribution is 2.08. The smallest absolute Gasteiger partial charge is 0.320 e. The molecule has 1 rings (SSSR count). The van der Waals surface area contributed by atoms with E-state index in [4.69, 9.17) is 10.8 Å². The summed E-state index contributed by atoms with van der Waals surface area (Å²) in [4.78, 5) is 21.8. The number of Topliss-reactive ketones (excluding diaryl/α,β-unsaturated/α-hetero) is 1. The standard InChI is InChI=1S/C11H12BrNO3/c12-6-10(14)8-3-1-7(2-4-8)5-9(13)11(15)16/h1-4,9H,5-6,13H2,(H,15,16). The van der Waals surface area contributed by atoms with E-state index in [2.05, 4.69) is 15.9 Å². The Kier molecular flexibility index (Phi) is 4.64. The highest BCUT2D eigenvalue weighted by molar-refractivity contribution is 9.09. The average molecular weight is 286 g/mol. The third-order valence-electron chi connectivity index (χ3n) is 2.17. The molecule has 1 aromatic carbocycles. The lowest BCUT2D eigenvalue weighted by molar-refractivity contribution is -0.138. The number of carbonyl (C=O) groups excluding carboxylic acids is 1. The van der Waals surface area contributed by atoms with E-state index in [-0.39, 0.29) is 17.5 Å². The summed E-state index contributed by atoms with van der Waals surface area (Å²) in [5, 5.41) is 8.92. The number of carboxylic acids is 1. The summed E-state index contributed by atoms with van der Waals surface area (Å²) in [5.41, 5.74) is 6.81. The van der Waals surface area contributed by atoms with Crippen LogP contribution < -0.4 is 5.73 Å². The van der Waals surface area contributed by atoms with Crippen LogP contribution in [-0.4, -0.2) is 28.2 Å². The number of aliphatic carboxylic acids is 1. The van der Waals surface area contributed by atoms with Gasteiger partial charge in [-0.2, -0.15) is 0 Å². The van der Waals surface area contributed by atoms with Crippen LogP contribution in [0, 0.1) is 0 Å². The monoisotopic (exact) mass is 285 g/mol. The summed E-state index contributed by atoms with van der Waals surface area (Å²) in [7, 11) is 0. The Bertz CT molecular complexity index is 389. The van der Waals surface area contributed by atoms with Gasteiger partial charge in [0.05, 0.1) is 5.33 Å². The topological polar surface area (TPSA) is 80.4 Å². The van der Waals surface area contributed by atoms with Gasteiger partial charge in [-0.15, -0.1) is 0 Å². The summed E-state index contributed by atoms with van der Waals surface area (Å²) in [5.74, 6) is -1.03. The van der Waals surface area contributed by atoms with Crippen molar-refractivity contribution in [1.82, 2.24) is 0 Å². The average Bonchev–Trinajstić information content (AvgIpc) is 2.28. The molecule has 0 spiro atoms. The number of rotatable bonds is 5. The fraction of sp³-hybridized carbons (Fsp3) is 0.273. The second kappa shape index (κ2) is 5.77. The van der Waals surface area contributed by atoms with Gasteiger partial charge in [0.25, 0.3) is 0 Å². The number of hydrogen-bond donors (Lipinski definition) is 2. The molecule has 1 unspecified atom stereocenters. The molecule has 0 saturated heterocycles. The second-order valence-electron chi connectivity index (χ2n) is 3.40. The maximum atomic E-state index is 11.3. The minimum Gasteiger partial charge on any atom is -0.480 e. The Hall–Kier alpha value is -1.20. The van der Waals surface area contributed by atoms with Crippen LogP contribution in [0.4, 0.5) is 0 Å². The second-order valence-corrected chi connectivity index (χ2v) is 3.96. The number of benzene rings is 1. The predicted molar refractivity (Wildman–Crippen MR) is 63.9 cm³/mol. The lowest BCUT2D eigenvalue weighted by Crippen LogP contribution is -2.32. The molecule has 0 aliphatic rings. The SMILES string of the molecule is NC(Cc1ccc(C(=O)CBr)cc1)C(=O)O. The van der Waals surface area contributed by atoms with Crippen molar-refractivity contribution in [3.8, 4) is 0 Å². The Morgan fingerprint density at radius 2 is 1.88 bits per heavy atom. The molecule has 5 heteroatoms. The van der Waals surface area contributed by atoms with Crippen molar-refractivity contribution in [3.63, 3.8) is 0 Å². The van der Waals surface area contributed by atoms with Crippen LogP contribution >= 0.6 is 15.9 Å². The van der Waals surface area contributed by atoms with Gasteiger partial charge in [-0.1, -0.05) is 40.2 Å². The van der Waals surface area contributed by atoms with Crippen molar-refractivity contribution in [2.24, 2.45) is 5.73 Å². The molecule has 0 heterocycles. The van der Waals surface area contributed by atoms with E-state index in [0.29, 0.717) is 5.56 Å². The van der Waals surface area contributed by atoms with Crippen LogP contribution in [0.1, 0.15) is 15.9 Å². The molecule has 4 nitrogen and oxygen atoms in total. The highest BCUT2D eigenvalue weighted by Gasteiger charge is 2.12. The van der Waals surface area contributed by atoms with Gasteiger partial charge in [-0.05, 0) is 12.0 Å². The molecule has 0 amide bonds. The quantitative estimate of drug-likeness (QED) is 0.630. The molecule has 86 valence electrons. The van der Waals surface area contributed by atoms with Gasteiger partial charge in [-0.3, -0.25) is 9.59 Å². The van der Waals surface area contributed by atoms with E-state index in [1.54, 1.807) is 24.3 Å². The van der Waals surface area contributed by atoms with Crippen LogP contribution in [0.25, 0.3) is 0 Å². The first-order chi connectivity index (χ1) is 7.54. The molecule has 0 bridgehead atoms. The van der Waals surface area contributed by atoms with Gasteiger partial charge in [0, 0.05) is 5.56 Å². The molecule has 0 radical (unpaired) electrons. The number of carbonyl (C=O) groups is 2. The number of halogens is 1. The fourth-order valence-electron chi connectivity index (χ4n) is 1.25. The van der Waals surface area contributed by atoms with Crippen molar-refractivity contribution >= 4 is 27.7 Å². The Labute approximate surface area is 102 Å². The van der Waals surface area contributed by atoms with Gasteiger partial charge < -0.3 is 10.8 Å². The van der Waals surface area contributed by atoms with E-state index in [0.717, 1.165) is 5.56 Å². The molecule has 0 aliphatic heterocycles. The maximum Gasteiger partial charge on any atom is 0.320 e. The van der Waals surface area contributed by atoms with E-state index >= 15 is 0 Å². The minimum atomic E-state index is -1.03. The van der Waals surface area contributed by atoms with Gasteiger partial charge in [-0.25, -0.2) is 0 Å².